The third kappa shape index (κ3) is 7.80. The SMILES string of the molecule is CCc1c(/C=C(/c2ccccc2)c2ccccc2-c2ccccc2)n(-c2ccccc2)c2cc(N(c3ccc(-c4ccc(-c5ccccc5)cc4)cc3)c3ccc4c(c3)oc3ccccc34)ccc12. The van der Waals surface area contributed by atoms with Crippen LogP contribution in [0.4, 0.5) is 17.1 Å². The molecule has 0 unspecified atom stereocenters. The second-order valence-corrected chi connectivity index (χ2v) is 17.5. The number of anilines is 3. The minimum Gasteiger partial charge on any atom is -0.456 e. The van der Waals surface area contributed by atoms with Gasteiger partial charge in [0.25, 0.3) is 0 Å². The molecule has 12 rings (SSSR count). The zero-order valence-corrected chi connectivity index (χ0v) is 38.3. The van der Waals surface area contributed by atoms with Crippen LogP contribution >= 0.6 is 0 Å². The highest BCUT2D eigenvalue weighted by atomic mass is 16.3. The Hall–Kier alpha value is -8.92. The van der Waals surface area contributed by atoms with E-state index in [4.69, 9.17) is 4.42 Å². The normalized spacial score (nSPS) is 11.7. The van der Waals surface area contributed by atoms with Crippen molar-refractivity contribution < 1.29 is 4.42 Å². The molecule has 2 heterocycles. The van der Waals surface area contributed by atoms with E-state index in [1.54, 1.807) is 0 Å². The lowest BCUT2D eigenvalue weighted by atomic mass is 9.89. The number of benzene rings is 10. The number of para-hydroxylation sites is 2. The van der Waals surface area contributed by atoms with E-state index in [0.717, 1.165) is 73.4 Å². The summed E-state index contributed by atoms with van der Waals surface area (Å²) in [6, 6.07) is 91.4. The third-order valence-electron chi connectivity index (χ3n) is 13.5. The first-order valence-corrected chi connectivity index (χ1v) is 23.8. The maximum atomic E-state index is 6.52. The van der Waals surface area contributed by atoms with E-state index < -0.39 is 0 Å². The molecule has 69 heavy (non-hydrogen) atoms. The molecule has 0 aliphatic carbocycles. The Morgan fingerprint density at radius 3 is 1.62 bits per heavy atom. The molecule has 10 aromatic carbocycles. The molecule has 0 amide bonds. The summed E-state index contributed by atoms with van der Waals surface area (Å²) in [6.07, 6.45) is 3.28. The Morgan fingerprint density at radius 2 is 0.942 bits per heavy atom. The van der Waals surface area contributed by atoms with Crippen LogP contribution in [0.5, 0.6) is 0 Å². The Kier molecular flexibility index (Phi) is 10.9. The summed E-state index contributed by atoms with van der Waals surface area (Å²) in [4.78, 5) is 2.36. The maximum absolute atomic E-state index is 6.52. The zero-order chi connectivity index (χ0) is 46.1. The van der Waals surface area contributed by atoms with Gasteiger partial charge < -0.3 is 13.9 Å². The van der Waals surface area contributed by atoms with Gasteiger partial charge in [0.2, 0.25) is 0 Å². The predicted molar refractivity (Wildman–Crippen MR) is 291 cm³/mol. The van der Waals surface area contributed by atoms with E-state index in [2.05, 4.69) is 265 Å². The van der Waals surface area contributed by atoms with Crippen molar-refractivity contribution in [3.8, 4) is 39.1 Å². The summed E-state index contributed by atoms with van der Waals surface area (Å²) in [6.45, 7) is 2.28. The van der Waals surface area contributed by atoms with Gasteiger partial charge in [-0.05, 0) is 123 Å². The topological polar surface area (TPSA) is 21.3 Å². The summed E-state index contributed by atoms with van der Waals surface area (Å²) in [5.41, 5.74) is 20.2. The fourth-order valence-corrected chi connectivity index (χ4v) is 10.1. The van der Waals surface area contributed by atoms with Gasteiger partial charge in [0.1, 0.15) is 11.2 Å². The van der Waals surface area contributed by atoms with Gasteiger partial charge >= 0.3 is 0 Å². The lowest BCUT2D eigenvalue weighted by molar-refractivity contribution is 0.669. The van der Waals surface area contributed by atoms with Gasteiger partial charge in [-0.25, -0.2) is 0 Å². The van der Waals surface area contributed by atoms with E-state index in [1.807, 2.05) is 12.1 Å². The molecule has 0 saturated carbocycles. The average Bonchev–Trinajstić information content (AvgIpc) is 3.96. The number of furan rings is 1. The van der Waals surface area contributed by atoms with Crippen molar-refractivity contribution in [1.29, 1.82) is 0 Å². The van der Waals surface area contributed by atoms with E-state index in [9.17, 15) is 0 Å². The monoisotopic (exact) mass is 884 g/mol. The van der Waals surface area contributed by atoms with E-state index in [0.29, 0.717) is 0 Å². The summed E-state index contributed by atoms with van der Waals surface area (Å²) >= 11 is 0. The number of hydrogen-bond acceptors (Lipinski definition) is 2. The molecule has 0 spiro atoms. The number of hydrogen-bond donors (Lipinski definition) is 0. The molecule has 3 heteroatoms. The maximum Gasteiger partial charge on any atom is 0.137 e. The van der Waals surface area contributed by atoms with E-state index >= 15 is 0 Å². The van der Waals surface area contributed by atoms with Gasteiger partial charge in [-0.15, -0.1) is 0 Å². The largest absolute Gasteiger partial charge is 0.456 e. The van der Waals surface area contributed by atoms with Crippen LogP contribution in [0.1, 0.15) is 29.3 Å². The molecule has 328 valence electrons. The average molecular weight is 885 g/mol. The Labute approximate surface area is 403 Å². The molecule has 0 fully saturated rings. The molecule has 2 aromatic heterocycles. The Morgan fingerprint density at radius 1 is 0.435 bits per heavy atom. The van der Waals surface area contributed by atoms with Gasteiger partial charge in [0.05, 0.1) is 11.2 Å². The van der Waals surface area contributed by atoms with Gasteiger partial charge in [0, 0.05) is 45.0 Å². The van der Waals surface area contributed by atoms with Crippen LogP contribution in [0.15, 0.2) is 259 Å². The number of aromatic nitrogens is 1. The van der Waals surface area contributed by atoms with Gasteiger partial charge in [-0.3, -0.25) is 0 Å². The Balaban J connectivity index is 1.05. The summed E-state index contributed by atoms with van der Waals surface area (Å²) in [7, 11) is 0. The van der Waals surface area contributed by atoms with Gasteiger partial charge in [-0.1, -0.05) is 201 Å². The van der Waals surface area contributed by atoms with Gasteiger partial charge in [0.15, 0.2) is 0 Å². The van der Waals surface area contributed by atoms with Crippen molar-refractivity contribution in [3.63, 3.8) is 0 Å². The highest BCUT2D eigenvalue weighted by Crippen LogP contribution is 2.43. The first-order chi connectivity index (χ1) is 34.2. The van der Waals surface area contributed by atoms with Crippen molar-refractivity contribution in [1.82, 2.24) is 4.57 Å². The third-order valence-corrected chi connectivity index (χ3v) is 13.5. The summed E-state index contributed by atoms with van der Waals surface area (Å²) in [5.74, 6) is 0. The molecule has 0 aliphatic rings. The van der Waals surface area contributed by atoms with Crippen molar-refractivity contribution in [3.05, 3.63) is 277 Å². The number of nitrogens with zero attached hydrogens (tertiary/aromatic N) is 2. The van der Waals surface area contributed by atoms with Crippen LogP contribution in [0.3, 0.4) is 0 Å². The van der Waals surface area contributed by atoms with E-state index in [1.165, 1.54) is 49.9 Å². The van der Waals surface area contributed by atoms with Crippen LogP contribution in [0.2, 0.25) is 0 Å². The molecule has 0 N–H and O–H groups in total. The molecule has 0 radical (unpaired) electrons. The quantitative estimate of drug-likeness (QED) is 0.129. The highest BCUT2D eigenvalue weighted by molar-refractivity contribution is 6.06. The first kappa shape index (κ1) is 41.5. The van der Waals surface area contributed by atoms with Crippen LogP contribution < -0.4 is 4.90 Å². The van der Waals surface area contributed by atoms with Crippen molar-refractivity contribution in [2.45, 2.75) is 13.3 Å². The smallest absolute Gasteiger partial charge is 0.137 e. The molecule has 3 nitrogen and oxygen atoms in total. The van der Waals surface area contributed by atoms with Crippen molar-refractivity contribution in [2.75, 3.05) is 4.90 Å². The number of rotatable bonds is 11. The van der Waals surface area contributed by atoms with Crippen LogP contribution in [-0.4, -0.2) is 4.57 Å². The summed E-state index contributed by atoms with van der Waals surface area (Å²) in [5, 5.41) is 3.44. The zero-order valence-electron chi connectivity index (χ0n) is 38.3. The minimum absolute atomic E-state index is 0.851. The molecular weight excluding hydrogens is 837 g/mol. The molecule has 0 atom stereocenters. The van der Waals surface area contributed by atoms with Crippen LogP contribution in [0, 0.1) is 0 Å². The lowest BCUT2D eigenvalue weighted by Crippen LogP contribution is -2.10. The second-order valence-electron chi connectivity index (χ2n) is 17.5. The number of aryl methyl sites for hydroxylation is 1. The van der Waals surface area contributed by atoms with E-state index in [-0.39, 0.29) is 0 Å². The van der Waals surface area contributed by atoms with Crippen LogP contribution in [-0.2, 0) is 6.42 Å². The molecular formula is C66H48N2O. The molecule has 0 aliphatic heterocycles. The fourth-order valence-electron chi connectivity index (χ4n) is 10.1. The predicted octanol–water partition coefficient (Wildman–Crippen LogP) is 18.2. The summed E-state index contributed by atoms with van der Waals surface area (Å²) < 4.78 is 8.99. The standard InChI is InChI=1S/C66H48N2O/c1-2-56-59-41-39-54(43-63(59)68(52-25-13-6-14-26-52)64(56)45-62(51-23-11-5-12-24-51)58-28-16-15-27-57(58)50-21-9-4-10-22-50)67(55-40-42-61-60-29-17-18-30-65(60)69-66(61)44-55)53-37-35-49(36-38-53)48-33-31-47(32-34-48)46-19-7-3-8-20-46/h3-45H,2H2,1H3/b62-45-. The van der Waals surface area contributed by atoms with Crippen molar-refractivity contribution >= 4 is 61.6 Å². The van der Waals surface area contributed by atoms with Crippen molar-refractivity contribution in [2.24, 2.45) is 0 Å². The Bertz CT molecular complexity index is 3770. The lowest BCUT2D eigenvalue weighted by Gasteiger charge is -2.26. The minimum atomic E-state index is 0.851. The number of fused-ring (bicyclic) bond motifs is 4. The molecule has 0 saturated heterocycles. The highest BCUT2D eigenvalue weighted by Gasteiger charge is 2.22. The fraction of sp³-hybridized carbons (Fsp3) is 0.0303. The molecule has 0 bridgehead atoms. The second kappa shape index (κ2) is 18.0. The molecule has 12 aromatic rings. The first-order valence-electron chi connectivity index (χ1n) is 23.8. The van der Waals surface area contributed by atoms with Crippen LogP contribution in [0.25, 0.3) is 83.6 Å². The van der Waals surface area contributed by atoms with Gasteiger partial charge in [-0.2, -0.15) is 0 Å².